The first kappa shape index (κ1) is 15.3. The van der Waals surface area contributed by atoms with Crippen LogP contribution in [0.25, 0.3) is 0 Å². The summed E-state index contributed by atoms with van der Waals surface area (Å²) in [5.74, 6) is 5.65. The Kier molecular flexibility index (Phi) is 5.38. The maximum absolute atomic E-state index is 6.21. The highest BCUT2D eigenvalue weighted by atomic mass is 35.5. The number of pyridine rings is 1. The number of aromatic nitrogens is 1. The molecule has 0 bridgehead atoms. The summed E-state index contributed by atoms with van der Waals surface area (Å²) in [6.45, 7) is 2.10. The van der Waals surface area contributed by atoms with Crippen molar-refractivity contribution in [3.8, 4) is 0 Å². The average Bonchev–Trinajstić information content (AvgIpc) is 2.48. The first-order valence-electron chi connectivity index (χ1n) is 6.49. The van der Waals surface area contributed by atoms with Gasteiger partial charge in [-0.2, -0.15) is 0 Å². The Morgan fingerprint density at radius 1 is 1.25 bits per heavy atom. The fraction of sp³-hybridized carbons (Fsp3) is 0.267. The van der Waals surface area contributed by atoms with Crippen molar-refractivity contribution in [1.29, 1.82) is 0 Å². The molecule has 1 unspecified atom stereocenters. The predicted octanol–water partition coefficient (Wildman–Crippen LogP) is 3.70. The molecule has 0 aliphatic heterocycles. The van der Waals surface area contributed by atoms with Crippen molar-refractivity contribution in [3.63, 3.8) is 0 Å². The van der Waals surface area contributed by atoms with Gasteiger partial charge in [-0.25, -0.2) is 0 Å². The molecule has 5 heteroatoms. The van der Waals surface area contributed by atoms with Crippen LogP contribution in [0.4, 0.5) is 0 Å². The van der Waals surface area contributed by atoms with E-state index in [1.165, 1.54) is 5.56 Å². The van der Waals surface area contributed by atoms with Crippen LogP contribution < -0.4 is 11.3 Å². The molecule has 20 heavy (non-hydrogen) atoms. The Labute approximate surface area is 129 Å². The van der Waals surface area contributed by atoms with Crippen LogP contribution in [0.3, 0.4) is 0 Å². The minimum absolute atomic E-state index is 0.124. The lowest BCUT2D eigenvalue weighted by Gasteiger charge is -2.17. The zero-order valence-electron chi connectivity index (χ0n) is 11.2. The molecular weight excluding hydrogens is 293 g/mol. The van der Waals surface area contributed by atoms with Gasteiger partial charge in [0.1, 0.15) is 0 Å². The second-order valence-electron chi connectivity index (χ2n) is 4.60. The SMILES string of the molecule is CCc1ccc(CC(NN)c2cc(Cl)ccc2Cl)nc1. The molecule has 0 saturated heterocycles. The summed E-state index contributed by atoms with van der Waals surface area (Å²) in [7, 11) is 0. The molecule has 1 heterocycles. The molecule has 0 aliphatic carbocycles. The van der Waals surface area contributed by atoms with E-state index in [9.17, 15) is 0 Å². The molecule has 0 spiro atoms. The molecule has 0 saturated carbocycles. The summed E-state index contributed by atoms with van der Waals surface area (Å²) in [6, 6.07) is 9.33. The van der Waals surface area contributed by atoms with E-state index in [-0.39, 0.29) is 6.04 Å². The number of hydrogen-bond donors (Lipinski definition) is 2. The number of nitrogens with zero attached hydrogens (tertiary/aromatic N) is 1. The van der Waals surface area contributed by atoms with Gasteiger partial charge in [0.05, 0.1) is 6.04 Å². The molecule has 0 radical (unpaired) electrons. The fourth-order valence-electron chi connectivity index (χ4n) is 2.03. The summed E-state index contributed by atoms with van der Waals surface area (Å²) in [4.78, 5) is 4.44. The molecule has 3 N–H and O–H groups in total. The van der Waals surface area contributed by atoms with Crippen molar-refractivity contribution in [2.24, 2.45) is 5.84 Å². The topological polar surface area (TPSA) is 50.9 Å². The van der Waals surface area contributed by atoms with Gasteiger partial charge >= 0.3 is 0 Å². The Morgan fingerprint density at radius 3 is 2.65 bits per heavy atom. The standard InChI is InChI=1S/C15H17Cl2N3/c1-2-10-3-5-12(19-9-10)8-15(20-18)13-7-11(16)4-6-14(13)17/h3-7,9,15,20H,2,8,18H2,1H3. The molecule has 3 nitrogen and oxygen atoms in total. The van der Waals surface area contributed by atoms with Crippen LogP contribution in [0.2, 0.25) is 10.0 Å². The molecule has 0 amide bonds. The van der Waals surface area contributed by atoms with E-state index in [1.54, 1.807) is 12.1 Å². The summed E-state index contributed by atoms with van der Waals surface area (Å²) in [5.41, 5.74) is 5.83. The minimum atomic E-state index is -0.124. The molecule has 2 aromatic rings. The molecular formula is C15H17Cl2N3. The molecule has 1 atom stereocenters. The number of rotatable bonds is 5. The lowest BCUT2D eigenvalue weighted by Crippen LogP contribution is -2.30. The highest BCUT2D eigenvalue weighted by molar-refractivity contribution is 6.33. The van der Waals surface area contributed by atoms with Crippen LogP contribution >= 0.6 is 23.2 Å². The summed E-state index contributed by atoms with van der Waals surface area (Å²) >= 11 is 12.2. The van der Waals surface area contributed by atoms with Gasteiger partial charge in [-0.15, -0.1) is 0 Å². The van der Waals surface area contributed by atoms with E-state index >= 15 is 0 Å². The van der Waals surface area contributed by atoms with Gasteiger partial charge in [0.2, 0.25) is 0 Å². The van der Waals surface area contributed by atoms with Crippen molar-refractivity contribution < 1.29 is 0 Å². The molecule has 1 aromatic heterocycles. The van der Waals surface area contributed by atoms with Crippen LogP contribution in [0, 0.1) is 0 Å². The third-order valence-electron chi connectivity index (χ3n) is 3.24. The van der Waals surface area contributed by atoms with E-state index in [2.05, 4.69) is 23.4 Å². The highest BCUT2D eigenvalue weighted by Gasteiger charge is 2.15. The number of hydrogen-bond acceptors (Lipinski definition) is 3. The molecule has 106 valence electrons. The number of benzene rings is 1. The normalized spacial score (nSPS) is 12.4. The third kappa shape index (κ3) is 3.70. The second kappa shape index (κ2) is 7.04. The summed E-state index contributed by atoms with van der Waals surface area (Å²) < 4.78 is 0. The Hall–Kier alpha value is -1.13. The highest BCUT2D eigenvalue weighted by Crippen LogP contribution is 2.27. The molecule has 2 rings (SSSR count). The van der Waals surface area contributed by atoms with Gasteiger partial charge in [0.25, 0.3) is 0 Å². The first-order chi connectivity index (χ1) is 9.63. The lowest BCUT2D eigenvalue weighted by atomic mass is 10.0. The van der Waals surface area contributed by atoms with Crippen LogP contribution in [0.5, 0.6) is 0 Å². The van der Waals surface area contributed by atoms with Crippen molar-refractivity contribution in [1.82, 2.24) is 10.4 Å². The minimum Gasteiger partial charge on any atom is -0.271 e. The van der Waals surface area contributed by atoms with Crippen LogP contribution in [0.15, 0.2) is 36.5 Å². The van der Waals surface area contributed by atoms with E-state index in [4.69, 9.17) is 29.0 Å². The van der Waals surface area contributed by atoms with E-state index < -0.39 is 0 Å². The van der Waals surface area contributed by atoms with E-state index in [1.807, 2.05) is 18.3 Å². The third-order valence-corrected chi connectivity index (χ3v) is 3.82. The van der Waals surface area contributed by atoms with Crippen LogP contribution in [-0.2, 0) is 12.8 Å². The quantitative estimate of drug-likeness (QED) is 0.654. The lowest BCUT2D eigenvalue weighted by molar-refractivity contribution is 0.546. The number of nitrogens with one attached hydrogen (secondary N) is 1. The summed E-state index contributed by atoms with van der Waals surface area (Å²) in [5, 5.41) is 1.28. The average molecular weight is 310 g/mol. The van der Waals surface area contributed by atoms with Crippen molar-refractivity contribution in [2.75, 3.05) is 0 Å². The van der Waals surface area contributed by atoms with Gasteiger partial charge in [-0.3, -0.25) is 16.3 Å². The van der Waals surface area contributed by atoms with E-state index in [0.717, 1.165) is 17.7 Å². The summed E-state index contributed by atoms with van der Waals surface area (Å²) in [6.07, 6.45) is 3.52. The van der Waals surface area contributed by atoms with Gasteiger partial charge in [-0.05, 0) is 41.8 Å². The molecule has 1 aromatic carbocycles. The zero-order chi connectivity index (χ0) is 14.5. The van der Waals surface area contributed by atoms with Crippen LogP contribution in [0.1, 0.15) is 29.8 Å². The van der Waals surface area contributed by atoms with Crippen molar-refractivity contribution in [2.45, 2.75) is 25.8 Å². The fourth-order valence-corrected chi connectivity index (χ4v) is 2.46. The first-order valence-corrected chi connectivity index (χ1v) is 7.24. The van der Waals surface area contributed by atoms with Gasteiger partial charge in [0, 0.05) is 28.4 Å². The smallest absolute Gasteiger partial charge is 0.0530 e. The van der Waals surface area contributed by atoms with Crippen LogP contribution in [-0.4, -0.2) is 4.98 Å². The maximum atomic E-state index is 6.21. The molecule has 0 aliphatic rings. The van der Waals surface area contributed by atoms with Gasteiger partial charge < -0.3 is 0 Å². The van der Waals surface area contributed by atoms with Gasteiger partial charge in [-0.1, -0.05) is 36.2 Å². The maximum Gasteiger partial charge on any atom is 0.0530 e. The largest absolute Gasteiger partial charge is 0.271 e. The number of hydrazine groups is 1. The second-order valence-corrected chi connectivity index (χ2v) is 5.44. The number of nitrogens with two attached hydrogens (primary N) is 1. The van der Waals surface area contributed by atoms with Gasteiger partial charge in [0.15, 0.2) is 0 Å². The Bertz CT molecular complexity index is 570. The predicted molar refractivity (Wildman–Crippen MR) is 83.8 cm³/mol. The molecule has 0 fully saturated rings. The number of aryl methyl sites for hydroxylation is 1. The number of halogens is 2. The van der Waals surface area contributed by atoms with Crippen molar-refractivity contribution in [3.05, 3.63) is 63.4 Å². The Morgan fingerprint density at radius 2 is 2.05 bits per heavy atom. The van der Waals surface area contributed by atoms with E-state index in [0.29, 0.717) is 16.5 Å². The monoisotopic (exact) mass is 309 g/mol. The Balaban J connectivity index is 2.21. The zero-order valence-corrected chi connectivity index (χ0v) is 12.7. The van der Waals surface area contributed by atoms with Crippen molar-refractivity contribution >= 4 is 23.2 Å².